The van der Waals surface area contributed by atoms with Crippen LogP contribution >= 0.6 is 11.3 Å². The highest BCUT2D eigenvalue weighted by atomic mass is 32.1. The second kappa shape index (κ2) is 4.01. The normalized spacial score (nSPS) is 32.3. The maximum absolute atomic E-state index is 10.2. The van der Waals surface area contributed by atoms with Crippen molar-refractivity contribution < 1.29 is 5.11 Å². The maximum atomic E-state index is 10.2. The summed E-state index contributed by atoms with van der Waals surface area (Å²) in [7, 11) is 0. The lowest BCUT2D eigenvalue weighted by Gasteiger charge is -2.21. The fourth-order valence-electron chi connectivity index (χ4n) is 2.19. The molecule has 2 atom stereocenters. The van der Waals surface area contributed by atoms with Crippen LogP contribution < -0.4 is 5.73 Å². The van der Waals surface area contributed by atoms with Gasteiger partial charge in [-0.25, -0.2) is 0 Å². The summed E-state index contributed by atoms with van der Waals surface area (Å²) in [6.45, 7) is 0. The Morgan fingerprint density at radius 2 is 2.50 bits per heavy atom. The van der Waals surface area contributed by atoms with Crippen molar-refractivity contribution in [1.82, 2.24) is 0 Å². The van der Waals surface area contributed by atoms with E-state index < -0.39 is 5.60 Å². The predicted octanol–water partition coefficient (Wildman–Crippen LogP) is 1.92. The van der Waals surface area contributed by atoms with Gasteiger partial charge in [0.05, 0.1) is 5.60 Å². The van der Waals surface area contributed by atoms with Gasteiger partial charge in [-0.15, -0.1) is 0 Å². The van der Waals surface area contributed by atoms with Crippen molar-refractivity contribution >= 4 is 11.3 Å². The van der Waals surface area contributed by atoms with Gasteiger partial charge in [0.1, 0.15) is 0 Å². The first-order chi connectivity index (χ1) is 6.68. The van der Waals surface area contributed by atoms with E-state index in [0.29, 0.717) is 0 Å². The molecule has 0 amide bonds. The Balaban J connectivity index is 1.86. The van der Waals surface area contributed by atoms with Crippen LogP contribution in [0.25, 0.3) is 0 Å². The number of aliphatic hydroxyl groups is 1. The predicted molar refractivity (Wildman–Crippen MR) is 59.4 cm³/mol. The quantitative estimate of drug-likeness (QED) is 0.802. The third-order valence-corrected chi connectivity index (χ3v) is 3.81. The zero-order valence-corrected chi connectivity index (χ0v) is 9.09. The van der Waals surface area contributed by atoms with E-state index in [0.717, 1.165) is 32.1 Å². The summed E-state index contributed by atoms with van der Waals surface area (Å²) < 4.78 is 0. The number of thiophene rings is 1. The van der Waals surface area contributed by atoms with Gasteiger partial charge < -0.3 is 10.8 Å². The van der Waals surface area contributed by atoms with Crippen LogP contribution in [0.5, 0.6) is 0 Å². The third kappa shape index (κ3) is 2.35. The van der Waals surface area contributed by atoms with Crippen molar-refractivity contribution in [2.75, 3.05) is 0 Å². The Morgan fingerprint density at radius 3 is 3.07 bits per heavy atom. The minimum atomic E-state index is -0.485. The van der Waals surface area contributed by atoms with Crippen LogP contribution in [-0.2, 0) is 6.42 Å². The molecule has 0 saturated heterocycles. The van der Waals surface area contributed by atoms with Crippen LogP contribution in [0.1, 0.15) is 31.2 Å². The van der Waals surface area contributed by atoms with Crippen molar-refractivity contribution in [3.63, 3.8) is 0 Å². The SMILES string of the molecule is NC1CCC(O)(CCc2ccsc2)C1. The van der Waals surface area contributed by atoms with E-state index in [1.54, 1.807) is 11.3 Å². The molecule has 14 heavy (non-hydrogen) atoms. The lowest BCUT2D eigenvalue weighted by atomic mass is 9.94. The van der Waals surface area contributed by atoms with Gasteiger partial charge in [-0.2, -0.15) is 11.3 Å². The third-order valence-electron chi connectivity index (χ3n) is 3.08. The topological polar surface area (TPSA) is 46.2 Å². The molecule has 0 bridgehead atoms. The molecule has 1 aromatic rings. The Hall–Kier alpha value is -0.380. The summed E-state index contributed by atoms with van der Waals surface area (Å²) in [5, 5.41) is 14.4. The van der Waals surface area contributed by atoms with E-state index in [1.807, 2.05) is 0 Å². The minimum absolute atomic E-state index is 0.211. The van der Waals surface area contributed by atoms with E-state index >= 15 is 0 Å². The number of rotatable bonds is 3. The highest BCUT2D eigenvalue weighted by molar-refractivity contribution is 7.07. The first kappa shape index (κ1) is 10.1. The Labute approximate surface area is 88.8 Å². The van der Waals surface area contributed by atoms with E-state index in [1.165, 1.54) is 5.56 Å². The van der Waals surface area contributed by atoms with E-state index in [9.17, 15) is 5.11 Å². The molecular weight excluding hydrogens is 194 g/mol. The maximum Gasteiger partial charge on any atom is 0.0666 e. The minimum Gasteiger partial charge on any atom is -0.390 e. The second-order valence-corrected chi connectivity index (χ2v) is 5.14. The molecule has 1 aliphatic carbocycles. The van der Waals surface area contributed by atoms with Crippen molar-refractivity contribution in [1.29, 1.82) is 0 Å². The number of nitrogens with two attached hydrogens (primary N) is 1. The molecule has 0 radical (unpaired) electrons. The van der Waals surface area contributed by atoms with Crippen molar-refractivity contribution in [3.05, 3.63) is 22.4 Å². The zero-order valence-electron chi connectivity index (χ0n) is 8.28. The molecule has 1 aromatic heterocycles. The monoisotopic (exact) mass is 211 g/mol. The standard InChI is InChI=1S/C11H17NOS/c12-10-2-5-11(13,7-10)4-1-9-3-6-14-8-9/h3,6,8,10,13H,1-2,4-5,7,12H2. The van der Waals surface area contributed by atoms with Gasteiger partial charge in [-0.3, -0.25) is 0 Å². The molecule has 2 unspecified atom stereocenters. The first-order valence-electron chi connectivity index (χ1n) is 5.17. The fourth-order valence-corrected chi connectivity index (χ4v) is 2.89. The van der Waals surface area contributed by atoms with Crippen LogP contribution in [0.4, 0.5) is 0 Å². The van der Waals surface area contributed by atoms with Crippen LogP contribution in [0.2, 0.25) is 0 Å². The Morgan fingerprint density at radius 1 is 1.64 bits per heavy atom. The van der Waals surface area contributed by atoms with E-state index in [4.69, 9.17) is 5.73 Å². The smallest absolute Gasteiger partial charge is 0.0666 e. The van der Waals surface area contributed by atoms with Gasteiger partial charge in [0.2, 0.25) is 0 Å². The molecule has 3 heteroatoms. The molecule has 2 rings (SSSR count). The zero-order chi connectivity index (χ0) is 10.0. The van der Waals surface area contributed by atoms with Gasteiger partial charge in [0.15, 0.2) is 0 Å². The molecule has 1 saturated carbocycles. The average Bonchev–Trinajstić information content (AvgIpc) is 2.73. The molecule has 1 heterocycles. The molecule has 0 spiro atoms. The van der Waals surface area contributed by atoms with E-state index in [2.05, 4.69) is 16.8 Å². The van der Waals surface area contributed by atoms with Crippen molar-refractivity contribution in [3.8, 4) is 0 Å². The summed E-state index contributed by atoms with van der Waals surface area (Å²) in [4.78, 5) is 0. The van der Waals surface area contributed by atoms with Gasteiger partial charge in [-0.1, -0.05) is 0 Å². The summed E-state index contributed by atoms with van der Waals surface area (Å²) >= 11 is 1.72. The van der Waals surface area contributed by atoms with Gasteiger partial charge in [0.25, 0.3) is 0 Å². The molecule has 1 fully saturated rings. The Kier molecular flexibility index (Phi) is 2.91. The summed E-state index contributed by atoms with van der Waals surface area (Å²) in [5.74, 6) is 0. The molecule has 0 aliphatic heterocycles. The average molecular weight is 211 g/mol. The molecule has 3 N–H and O–H groups in total. The van der Waals surface area contributed by atoms with Crippen LogP contribution in [-0.4, -0.2) is 16.7 Å². The van der Waals surface area contributed by atoms with Gasteiger partial charge in [0, 0.05) is 6.04 Å². The van der Waals surface area contributed by atoms with Crippen LogP contribution in [0.3, 0.4) is 0 Å². The molecule has 78 valence electrons. The Bertz CT molecular complexity index is 285. The molecule has 1 aliphatic rings. The lowest BCUT2D eigenvalue weighted by Crippen LogP contribution is -2.28. The van der Waals surface area contributed by atoms with Crippen molar-refractivity contribution in [2.24, 2.45) is 5.73 Å². The van der Waals surface area contributed by atoms with E-state index in [-0.39, 0.29) is 6.04 Å². The second-order valence-electron chi connectivity index (χ2n) is 4.36. The fraction of sp³-hybridized carbons (Fsp3) is 0.636. The molecule has 2 nitrogen and oxygen atoms in total. The van der Waals surface area contributed by atoms with Gasteiger partial charge in [-0.05, 0) is 54.5 Å². The van der Waals surface area contributed by atoms with Gasteiger partial charge >= 0.3 is 0 Å². The molecule has 0 aromatic carbocycles. The number of aryl methyl sites for hydroxylation is 1. The summed E-state index contributed by atoms with van der Waals surface area (Å²) in [6.07, 6.45) is 4.46. The lowest BCUT2D eigenvalue weighted by molar-refractivity contribution is 0.0379. The highest BCUT2D eigenvalue weighted by Gasteiger charge is 2.34. The summed E-state index contributed by atoms with van der Waals surface area (Å²) in [6, 6.07) is 2.34. The van der Waals surface area contributed by atoms with Crippen molar-refractivity contribution in [2.45, 2.75) is 43.7 Å². The van der Waals surface area contributed by atoms with Crippen LogP contribution in [0, 0.1) is 0 Å². The largest absolute Gasteiger partial charge is 0.390 e. The number of hydrogen-bond acceptors (Lipinski definition) is 3. The number of hydrogen-bond donors (Lipinski definition) is 2. The molecular formula is C11H17NOS. The first-order valence-corrected chi connectivity index (χ1v) is 6.11. The summed E-state index contributed by atoms with van der Waals surface area (Å²) in [5.41, 5.74) is 6.65. The highest BCUT2D eigenvalue weighted by Crippen LogP contribution is 2.32. The van der Waals surface area contributed by atoms with Crippen LogP contribution in [0.15, 0.2) is 16.8 Å².